The van der Waals surface area contributed by atoms with Gasteiger partial charge in [-0.3, -0.25) is 4.79 Å². The summed E-state index contributed by atoms with van der Waals surface area (Å²) in [4.78, 5) is 13.6. The number of carbonyl (C=O) groups is 1. The van der Waals surface area contributed by atoms with E-state index >= 15 is 0 Å². The van der Waals surface area contributed by atoms with Crippen LogP contribution in [-0.4, -0.2) is 47.3 Å². The van der Waals surface area contributed by atoms with Crippen molar-refractivity contribution >= 4 is 46.8 Å². The summed E-state index contributed by atoms with van der Waals surface area (Å²) in [5, 5.41) is 19.4. The Balaban J connectivity index is 2.39. The van der Waals surface area contributed by atoms with Crippen LogP contribution >= 0.6 is 34.8 Å². The van der Waals surface area contributed by atoms with E-state index < -0.39 is 0 Å². The van der Waals surface area contributed by atoms with Crippen LogP contribution in [0.1, 0.15) is 5.56 Å². The third-order valence-corrected chi connectivity index (χ3v) is 4.48. The lowest BCUT2D eigenvalue weighted by molar-refractivity contribution is -0.126. The number of amides is 1. The molecule has 4 nitrogen and oxygen atoms in total. The van der Waals surface area contributed by atoms with Gasteiger partial charge in [-0.15, -0.1) is 0 Å². The smallest absolute Gasteiger partial charge is 0.246 e. The van der Waals surface area contributed by atoms with E-state index in [4.69, 9.17) is 45.0 Å². The van der Waals surface area contributed by atoms with Crippen LogP contribution in [-0.2, 0) is 4.79 Å². The molecule has 0 aromatic heterocycles. The topological polar surface area (TPSA) is 60.8 Å². The molecule has 1 radical (unpaired) electrons. The van der Waals surface area contributed by atoms with Crippen LogP contribution in [0.5, 0.6) is 0 Å². The summed E-state index contributed by atoms with van der Waals surface area (Å²) in [6, 6.07) is 11.4. The van der Waals surface area contributed by atoms with Crippen molar-refractivity contribution < 1.29 is 15.0 Å². The molecule has 0 spiro atoms. The van der Waals surface area contributed by atoms with Crippen molar-refractivity contribution in [3.8, 4) is 11.1 Å². The number of carbonyl (C=O) groups excluding carboxylic acids is 1. The average molecular weight is 414 g/mol. The summed E-state index contributed by atoms with van der Waals surface area (Å²) in [7, 11) is 0. The molecule has 2 aromatic rings. The maximum Gasteiger partial charge on any atom is 0.246 e. The van der Waals surface area contributed by atoms with Crippen LogP contribution in [0.3, 0.4) is 0 Å². The molecule has 1 amide bonds. The van der Waals surface area contributed by atoms with Gasteiger partial charge in [0.25, 0.3) is 0 Å². The van der Waals surface area contributed by atoms with Crippen LogP contribution in [0.4, 0.5) is 0 Å². The van der Waals surface area contributed by atoms with Crippen LogP contribution in [0, 0.1) is 6.07 Å². The Morgan fingerprint density at radius 2 is 1.81 bits per heavy atom. The molecule has 0 saturated heterocycles. The Morgan fingerprint density at radius 3 is 2.42 bits per heavy atom. The van der Waals surface area contributed by atoms with Crippen molar-refractivity contribution in [3.63, 3.8) is 0 Å². The van der Waals surface area contributed by atoms with Crippen LogP contribution in [0.25, 0.3) is 17.2 Å². The first-order valence-electron chi connectivity index (χ1n) is 7.82. The van der Waals surface area contributed by atoms with Gasteiger partial charge in [0.15, 0.2) is 0 Å². The average Bonchev–Trinajstić information content (AvgIpc) is 2.60. The van der Waals surface area contributed by atoms with Gasteiger partial charge in [-0.2, -0.15) is 0 Å². The molecule has 137 valence electrons. The number of aliphatic hydroxyl groups is 2. The molecule has 0 bridgehead atoms. The minimum atomic E-state index is -0.329. The van der Waals surface area contributed by atoms with Gasteiger partial charge in [0.05, 0.1) is 18.2 Å². The second-order valence-electron chi connectivity index (χ2n) is 5.35. The van der Waals surface area contributed by atoms with Gasteiger partial charge in [0.1, 0.15) is 0 Å². The van der Waals surface area contributed by atoms with Crippen molar-refractivity contribution in [2.24, 2.45) is 0 Å². The number of halogens is 3. The van der Waals surface area contributed by atoms with E-state index in [0.717, 1.165) is 0 Å². The highest BCUT2D eigenvalue weighted by Crippen LogP contribution is 2.37. The predicted octanol–water partition coefficient (Wildman–Crippen LogP) is 3.94. The van der Waals surface area contributed by atoms with Gasteiger partial charge in [-0.25, -0.2) is 0 Å². The molecule has 2 rings (SSSR count). The highest BCUT2D eigenvalue weighted by molar-refractivity contribution is 6.38. The quantitative estimate of drug-likeness (QED) is 0.676. The lowest BCUT2D eigenvalue weighted by Crippen LogP contribution is -2.34. The predicted molar refractivity (Wildman–Crippen MR) is 106 cm³/mol. The molecule has 0 unspecified atom stereocenters. The zero-order chi connectivity index (χ0) is 19.1. The van der Waals surface area contributed by atoms with Gasteiger partial charge >= 0.3 is 0 Å². The number of rotatable bonds is 7. The molecule has 26 heavy (non-hydrogen) atoms. The molecule has 2 N–H and O–H groups in total. The summed E-state index contributed by atoms with van der Waals surface area (Å²) in [6.45, 7) is -0.0828. The molecule has 0 aliphatic carbocycles. The molecule has 0 aliphatic heterocycles. The van der Waals surface area contributed by atoms with E-state index in [-0.39, 0.29) is 32.2 Å². The zero-order valence-electron chi connectivity index (χ0n) is 13.8. The second-order valence-corrected chi connectivity index (χ2v) is 6.57. The Labute approximate surface area is 167 Å². The van der Waals surface area contributed by atoms with Gasteiger partial charge in [-0.05, 0) is 23.8 Å². The van der Waals surface area contributed by atoms with Gasteiger partial charge < -0.3 is 15.1 Å². The van der Waals surface area contributed by atoms with Crippen LogP contribution in [0.15, 0.2) is 36.4 Å². The monoisotopic (exact) mass is 412 g/mol. The first kappa shape index (κ1) is 20.7. The SMILES string of the molecule is O=C(/C=C/c1cc[c]c(Cl)c1-c1ccc(Cl)cc1Cl)N(CCO)CCO. The number of hydrogen-bond donors (Lipinski definition) is 2. The Hall–Kier alpha value is -1.56. The molecule has 2 aromatic carbocycles. The van der Waals surface area contributed by atoms with Crippen LogP contribution in [0.2, 0.25) is 15.1 Å². The van der Waals surface area contributed by atoms with Crippen molar-refractivity contribution in [1.82, 2.24) is 4.90 Å². The number of aliphatic hydroxyl groups excluding tert-OH is 2. The Bertz CT molecular complexity index is 803. The maximum absolute atomic E-state index is 12.3. The summed E-state index contributed by atoms with van der Waals surface area (Å²) in [5.74, 6) is -0.329. The Morgan fingerprint density at radius 1 is 1.12 bits per heavy atom. The fraction of sp³-hybridized carbons (Fsp3) is 0.211. The van der Waals surface area contributed by atoms with E-state index in [2.05, 4.69) is 6.07 Å². The highest BCUT2D eigenvalue weighted by atomic mass is 35.5. The fourth-order valence-corrected chi connectivity index (χ4v) is 3.21. The van der Waals surface area contributed by atoms with E-state index in [9.17, 15) is 4.79 Å². The van der Waals surface area contributed by atoms with E-state index in [1.165, 1.54) is 11.0 Å². The van der Waals surface area contributed by atoms with Crippen molar-refractivity contribution in [2.75, 3.05) is 26.3 Å². The normalized spacial score (nSPS) is 11.1. The zero-order valence-corrected chi connectivity index (χ0v) is 16.0. The number of hydrogen-bond acceptors (Lipinski definition) is 3. The Kier molecular flexibility index (Phi) is 7.94. The number of nitrogens with zero attached hydrogens (tertiary/aromatic N) is 1. The molecule has 7 heteroatoms. The lowest BCUT2D eigenvalue weighted by Gasteiger charge is -2.18. The van der Waals surface area contributed by atoms with Crippen LogP contribution < -0.4 is 0 Å². The summed E-state index contributed by atoms with van der Waals surface area (Å²) >= 11 is 18.6. The number of benzene rings is 2. The van der Waals surface area contributed by atoms with Crippen molar-refractivity contribution in [2.45, 2.75) is 0 Å². The van der Waals surface area contributed by atoms with Gasteiger partial charge in [0, 0.05) is 46.4 Å². The third kappa shape index (κ3) is 5.22. The third-order valence-electron chi connectivity index (χ3n) is 3.64. The van der Waals surface area contributed by atoms with E-state index in [1.807, 2.05) is 0 Å². The van der Waals surface area contributed by atoms with Crippen molar-refractivity contribution in [3.05, 3.63) is 63.1 Å². The molecular weight excluding hydrogens is 397 g/mol. The first-order valence-corrected chi connectivity index (χ1v) is 8.95. The summed E-state index contributed by atoms with van der Waals surface area (Å²) in [5.41, 5.74) is 1.99. The largest absolute Gasteiger partial charge is 0.395 e. The lowest BCUT2D eigenvalue weighted by atomic mass is 9.99. The summed E-state index contributed by atoms with van der Waals surface area (Å²) in [6.07, 6.45) is 2.98. The highest BCUT2D eigenvalue weighted by Gasteiger charge is 2.13. The van der Waals surface area contributed by atoms with Crippen molar-refractivity contribution in [1.29, 1.82) is 0 Å². The van der Waals surface area contributed by atoms with E-state index in [1.54, 1.807) is 36.4 Å². The molecule has 0 saturated carbocycles. The molecule has 0 aliphatic rings. The first-order chi connectivity index (χ1) is 12.5. The minimum Gasteiger partial charge on any atom is -0.395 e. The van der Waals surface area contributed by atoms with Gasteiger partial charge in [-0.1, -0.05) is 53.0 Å². The van der Waals surface area contributed by atoms with Gasteiger partial charge in [0.2, 0.25) is 5.91 Å². The second kappa shape index (κ2) is 9.95. The maximum atomic E-state index is 12.3. The standard InChI is InChI=1S/C19H17Cl3NO3/c20-14-5-6-15(17(22)12-14)19-13(2-1-3-16(19)21)4-7-18(26)23(8-10-24)9-11-25/h1-2,4-7,12,24-25H,8-11H2/b7-4+. The fourth-order valence-electron chi connectivity index (χ4n) is 2.43. The van der Waals surface area contributed by atoms with E-state index in [0.29, 0.717) is 31.8 Å². The molecule has 0 fully saturated rings. The molecule has 0 heterocycles. The molecule has 0 atom stereocenters. The minimum absolute atomic E-state index is 0.142. The summed E-state index contributed by atoms with van der Waals surface area (Å²) < 4.78 is 0. The molecular formula is C19H17Cl3NO3.